The lowest BCUT2D eigenvalue weighted by Gasteiger charge is -2.30. The highest BCUT2D eigenvalue weighted by Gasteiger charge is 2.35. The zero-order chi connectivity index (χ0) is 20.6. The molecule has 0 bridgehead atoms. The molecule has 0 aliphatic heterocycles. The third-order valence-electron chi connectivity index (χ3n) is 5.59. The molecular weight excluding hydrogens is 388 g/mol. The summed E-state index contributed by atoms with van der Waals surface area (Å²) in [6.45, 7) is 2.07. The maximum Gasteiger partial charge on any atom is 0.258 e. The molecular formula is C22H26N2O4S. The smallest absolute Gasteiger partial charge is 0.258 e. The fraction of sp³-hybridized carbons (Fsp3) is 0.409. The Bertz CT molecular complexity index is 978. The van der Waals surface area contributed by atoms with Crippen molar-refractivity contribution < 1.29 is 17.9 Å². The summed E-state index contributed by atoms with van der Waals surface area (Å²) in [6.07, 6.45) is 3.99. The number of amides is 1. The Morgan fingerprint density at radius 3 is 2.17 bits per heavy atom. The van der Waals surface area contributed by atoms with Crippen LogP contribution in [-0.4, -0.2) is 33.5 Å². The molecule has 4 rings (SSSR count). The molecule has 6 nitrogen and oxygen atoms in total. The van der Waals surface area contributed by atoms with Crippen molar-refractivity contribution in [2.45, 2.75) is 49.6 Å². The normalized spacial score (nSPS) is 17.6. The molecule has 2 aromatic rings. The van der Waals surface area contributed by atoms with Crippen LogP contribution >= 0.6 is 0 Å². The number of rotatable bonds is 8. The number of methoxy groups -OCH3 is 1. The Kier molecular flexibility index (Phi) is 5.36. The molecule has 0 radical (unpaired) electrons. The van der Waals surface area contributed by atoms with Crippen LogP contribution in [0, 0.1) is 5.92 Å². The summed E-state index contributed by atoms with van der Waals surface area (Å²) in [6, 6.07) is 13.8. The number of hydrogen-bond acceptors (Lipinski definition) is 4. The highest BCUT2D eigenvalue weighted by Crippen LogP contribution is 2.38. The molecule has 0 saturated heterocycles. The van der Waals surface area contributed by atoms with E-state index in [1.807, 2.05) is 29.2 Å². The molecule has 2 saturated carbocycles. The Labute approximate surface area is 171 Å². The second-order valence-electron chi connectivity index (χ2n) is 7.87. The number of sulfonamides is 1. The first kappa shape index (κ1) is 19.9. The summed E-state index contributed by atoms with van der Waals surface area (Å²) in [4.78, 5) is 15.3. The number of nitrogens with zero attached hydrogens (tertiary/aromatic N) is 1. The van der Waals surface area contributed by atoms with E-state index in [4.69, 9.17) is 4.74 Å². The van der Waals surface area contributed by atoms with Crippen LogP contribution < -0.4 is 14.4 Å². The van der Waals surface area contributed by atoms with E-state index in [1.54, 1.807) is 19.2 Å². The van der Waals surface area contributed by atoms with Gasteiger partial charge in [0.1, 0.15) is 5.75 Å². The van der Waals surface area contributed by atoms with Crippen LogP contribution in [0.3, 0.4) is 0 Å². The van der Waals surface area contributed by atoms with E-state index >= 15 is 0 Å². The summed E-state index contributed by atoms with van der Waals surface area (Å²) < 4.78 is 32.6. The van der Waals surface area contributed by atoms with Gasteiger partial charge in [0.15, 0.2) is 0 Å². The van der Waals surface area contributed by atoms with Gasteiger partial charge in [-0.05, 0) is 87.1 Å². The first-order valence-electron chi connectivity index (χ1n) is 9.99. The van der Waals surface area contributed by atoms with E-state index in [0.29, 0.717) is 11.5 Å². The van der Waals surface area contributed by atoms with Crippen molar-refractivity contribution in [2.75, 3.05) is 12.0 Å². The van der Waals surface area contributed by atoms with E-state index in [0.717, 1.165) is 37.1 Å². The van der Waals surface area contributed by atoms with Crippen LogP contribution in [-0.2, 0) is 10.0 Å². The Balaban J connectivity index is 1.59. The molecule has 2 fully saturated rings. The zero-order valence-electron chi connectivity index (χ0n) is 16.7. The fourth-order valence-corrected chi connectivity index (χ4v) is 4.78. The Morgan fingerprint density at radius 2 is 1.66 bits per heavy atom. The summed E-state index contributed by atoms with van der Waals surface area (Å²) in [5.41, 5.74) is 1.28. The minimum atomic E-state index is -3.53. The summed E-state index contributed by atoms with van der Waals surface area (Å²) >= 11 is 0. The lowest BCUT2D eigenvalue weighted by Crippen LogP contribution is -2.40. The topological polar surface area (TPSA) is 75.7 Å². The maximum atomic E-state index is 13.4. The molecule has 0 aromatic heterocycles. The SMILES string of the molecule is COc1ccc(N(C(=O)c2ccc(S(=O)(=O)NC3CC3)cc2)C(C)C2CC2)cc1. The van der Waals surface area contributed by atoms with Gasteiger partial charge < -0.3 is 9.64 Å². The Hall–Kier alpha value is -2.38. The van der Waals surface area contributed by atoms with Crippen molar-refractivity contribution in [3.05, 3.63) is 54.1 Å². The van der Waals surface area contributed by atoms with Crippen molar-refractivity contribution in [3.8, 4) is 5.75 Å². The van der Waals surface area contributed by atoms with Gasteiger partial charge in [0.05, 0.1) is 12.0 Å². The maximum absolute atomic E-state index is 13.4. The van der Waals surface area contributed by atoms with Gasteiger partial charge in [0.25, 0.3) is 5.91 Å². The summed E-state index contributed by atoms with van der Waals surface area (Å²) in [5.74, 6) is 1.09. The van der Waals surface area contributed by atoms with Crippen molar-refractivity contribution in [1.29, 1.82) is 0 Å². The molecule has 0 spiro atoms. The predicted molar refractivity (Wildman–Crippen MR) is 112 cm³/mol. The van der Waals surface area contributed by atoms with E-state index in [9.17, 15) is 13.2 Å². The quantitative estimate of drug-likeness (QED) is 0.716. The fourth-order valence-electron chi connectivity index (χ4n) is 3.47. The monoisotopic (exact) mass is 414 g/mol. The minimum absolute atomic E-state index is 0.0475. The van der Waals surface area contributed by atoms with Crippen LogP contribution in [0.25, 0.3) is 0 Å². The molecule has 2 aliphatic carbocycles. The lowest BCUT2D eigenvalue weighted by atomic mass is 10.1. The average Bonchev–Trinajstić information content (AvgIpc) is 3.63. The second kappa shape index (κ2) is 7.80. The van der Waals surface area contributed by atoms with Crippen LogP contribution in [0.15, 0.2) is 53.4 Å². The van der Waals surface area contributed by atoms with Crippen molar-refractivity contribution in [2.24, 2.45) is 5.92 Å². The zero-order valence-corrected chi connectivity index (χ0v) is 17.5. The van der Waals surface area contributed by atoms with E-state index in [2.05, 4.69) is 11.6 Å². The number of nitrogens with one attached hydrogen (secondary N) is 1. The predicted octanol–water partition coefficient (Wildman–Crippen LogP) is 3.58. The number of ether oxygens (including phenoxy) is 1. The van der Waals surface area contributed by atoms with Crippen molar-refractivity contribution in [1.82, 2.24) is 4.72 Å². The van der Waals surface area contributed by atoms with Gasteiger partial charge in [-0.2, -0.15) is 0 Å². The first-order chi connectivity index (χ1) is 13.9. The van der Waals surface area contributed by atoms with Crippen molar-refractivity contribution >= 4 is 21.6 Å². The van der Waals surface area contributed by atoms with Crippen LogP contribution in [0.5, 0.6) is 5.75 Å². The van der Waals surface area contributed by atoms with Crippen molar-refractivity contribution in [3.63, 3.8) is 0 Å². The minimum Gasteiger partial charge on any atom is -0.497 e. The van der Waals surface area contributed by atoms with Gasteiger partial charge in [-0.3, -0.25) is 4.79 Å². The molecule has 154 valence electrons. The molecule has 1 N–H and O–H groups in total. The molecule has 29 heavy (non-hydrogen) atoms. The van der Waals surface area contributed by atoms with E-state index in [-0.39, 0.29) is 22.9 Å². The second-order valence-corrected chi connectivity index (χ2v) is 9.59. The van der Waals surface area contributed by atoms with Crippen LogP contribution in [0.1, 0.15) is 43.0 Å². The lowest BCUT2D eigenvalue weighted by molar-refractivity contribution is 0.0975. The van der Waals surface area contributed by atoms with Gasteiger partial charge in [-0.1, -0.05) is 0 Å². The van der Waals surface area contributed by atoms with Gasteiger partial charge in [0.2, 0.25) is 10.0 Å². The molecule has 2 aliphatic rings. The Morgan fingerprint density at radius 1 is 1.03 bits per heavy atom. The van der Waals surface area contributed by atoms with Crippen LogP contribution in [0.4, 0.5) is 5.69 Å². The number of carbonyl (C=O) groups is 1. The van der Waals surface area contributed by atoms with Gasteiger partial charge in [-0.15, -0.1) is 0 Å². The molecule has 2 aromatic carbocycles. The molecule has 7 heteroatoms. The first-order valence-corrected chi connectivity index (χ1v) is 11.5. The third kappa shape index (κ3) is 4.46. The number of benzene rings is 2. The average molecular weight is 415 g/mol. The summed E-state index contributed by atoms with van der Waals surface area (Å²) in [7, 11) is -1.92. The van der Waals surface area contributed by atoms with Crippen LogP contribution in [0.2, 0.25) is 0 Å². The standard InChI is InChI=1S/C22H26N2O4S/c1-15(16-3-4-16)24(19-9-11-20(28-2)12-10-19)22(25)17-5-13-21(14-6-17)29(26,27)23-18-7-8-18/h5-6,9-16,18,23H,3-4,7-8H2,1-2H3. The van der Waals surface area contributed by atoms with E-state index in [1.165, 1.54) is 12.1 Å². The highest BCUT2D eigenvalue weighted by molar-refractivity contribution is 7.89. The molecule has 0 heterocycles. The third-order valence-corrected chi connectivity index (χ3v) is 7.13. The number of hydrogen-bond donors (Lipinski definition) is 1. The molecule has 1 atom stereocenters. The van der Waals surface area contributed by atoms with E-state index < -0.39 is 10.0 Å². The summed E-state index contributed by atoms with van der Waals surface area (Å²) in [5, 5.41) is 0. The molecule has 1 unspecified atom stereocenters. The number of carbonyl (C=O) groups excluding carboxylic acids is 1. The van der Waals surface area contributed by atoms with Gasteiger partial charge in [-0.25, -0.2) is 13.1 Å². The van der Waals surface area contributed by atoms with Gasteiger partial charge >= 0.3 is 0 Å². The largest absolute Gasteiger partial charge is 0.497 e. The van der Waals surface area contributed by atoms with Gasteiger partial charge in [0, 0.05) is 23.3 Å². The number of anilines is 1. The molecule has 1 amide bonds. The highest BCUT2D eigenvalue weighted by atomic mass is 32.2.